The Morgan fingerprint density at radius 1 is 1.17 bits per heavy atom. The first-order chi connectivity index (χ1) is 14.1. The fourth-order valence-corrected chi connectivity index (χ4v) is 4.28. The Kier molecular flexibility index (Phi) is 6.42. The van der Waals surface area contributed by atoms with Crippen molar-refractivity contribution < 1.29 is 24.2 Å². The highest BCUT2D eigenvalue weighted by molar-refractivity contribution is 5.94. The molecular formula is C21H29N3O5. The van der Waals surface area contributed by atoms with E-state index in [-0.39, 0.29) is 43.2 Å². The molecule has 4 rings (SSSR count). The number of ether oxygens (including phenoxy) is 2. The molecule has 0 bridgehead atoms. The molecule has 3 fully saturated rings. The molecule has 3 heterocycles. The van der Waals surface area contributed by atoms with E-state index in [9.17, 15) is 14.7 Å². The quantitative estimate of drug-likeness (QED) is 0.774. The van der Waals surface area contributed by atoms with Crippen molar-refractivity contribution in [3.63, 3.8) is 0 Å². The van der Waals surface area contributed by atoms with Gasteiger partial charge in [0.1, 0.15) is 6.10 Å². The molecule has 8 nitrogen and oxygen atoms in total. The molecule has 29 heavy (non-hydrogen) atoms. The maximum absolute atomic E-state index is 13.1. The van der Waals surface area contributed by atoms with Crippen molar-refractivity contribution in [2.75, 3.05) is 19.8 Å². The Bertz CT molecular complexity index is 712. The highest BCUT2D eigenvalue weighted by Crippen LogP contribution is 2.29. The first-order valence-electron chi connectivity index (χ1n) is 10.5. The van der Waals surface area contributed by atoms with Crippen LogP contribution in [0.3, 0.4) is 0 Å². The van der Waals surface area contributed by atoms with Gasteiger partial charge in [-0.1, -0.05) is 0 Å². The topological polar surface area (TPSA) is 101 Å². The van der Waals surface area contributed by atoms with Gasteiger partial charge in [-0.3, -0.25) is 14.6 Å². The van der Waals surface area contributed by atoms with Crippen LogP contribution in [0.1, 0.15) is 48.9 Å². The molecule has 1 saturated carbocycles. The summed E-state index contributed by atoms with van der Waals surface area (Å²) in [4.78, 5) is 31.1. The van der Waals surface area contributed by atoms with Gasteiger partial charge in [-0.05, 0) is 44.2 Å². The number of nitrogens with zero attached hydrogens (tertiary/aromatic N) is 2. The zero-order chi connectivity index (χ0) is 20.2. The van der Waals surface area contributed by atoms with E-state index >= 15 is 0 Å². The summed E-state index contributed by atoms with van der Waals surface area (Å²) in [6.45, 7) is 0.640. The van der Waals surface area contributed by atoms with Crippen LogP contribution in [0.2, 0.25) is 0 Å². The summed E-state index contributed by atoms with van der Waals surface area (Å²) in [5.41, 5.74) is 0.537. The summed E-state index contributed by atoms with van der Waals surface area (Å²) < 4.78 is 11.8. The molecule has 3 aliphatic rings. The van der Waals surface area contributed by atoms with Crippen LogP contribution in [0.5, 0.6) is 0 Å². The molecule has 158 valence electrons. The standard InChI is InChI=1S/C21H29N3O5/c25-16-11-24(21(27)14-6-8-22-9-7-14)18-5-4-17(29-19(18)13-28-12-16)10-20(26)23-15-2-1-3-15/h6-9,15-19,25H,1-5,10-13H2,(H,23,26)/t16-,17-,18+,19-/m1/s1. The molecule has 1 aromatic rings. The maximum atomic E-state index is 13.1. The summed E-state index contributed by atoms with van der Waals surface area (Å²) in [6.07, 6.45) is 6.96. The van der Waals surface area contributed by atoms with E-state index in [1.54, 1.807) is 29.4 Å². The number of fused-ring (bicyclic) bond motifs is 1. The minimum absolute atomic E-state index is 0.0325. The fourth-order valence-electron chi connectivity index (χ4n) is 4.28. The average Bonchev–Trinajstić information content (AvgIpc) is 2.68. The third kappa shape index (κ3) is 4.94. The molecular weight excluding hydrogens is 374 g/mol. The first kappa shape index (κ1) is 20.3. The number of aliphatic hydroxyl groups excluding tert-OH is 1. The SMILES string of the molecule is O=C(C[C@H]1CC[C@H]2[C@@H](COC[C@H](O)CN2C(=O)c2ccncc2)O1)NC1CCC1. The smallest absolute Gasteiger partial charge is 0.254 e. The van der Waals surface area contributed by atoms with Crippen LogP contribution >= 0.6 is 0 Å². The Hall–Kier alpha value is -2.03. The number of hydrogen-bond acceptors (Lipinski definition) is 6. The van der Waals surface area contributed by atoms with Crippen molar-refractivity contribution in [1.29, 1.82) is 0 Å². The average molecular weight is 403 g/mol. The molecule has 0 unspecified atom stereocenters. The number of aromatic nitrogens is 1. The Morgan fingerprint density at radius 2 is 1.97 bits per heavy atom. The first-order valence-corrected chi connectivity index (χ1v) is 10.5. The van der Waals surface area contributed by atoms with E-state index < -0.39 is 6.10 Å². The molecule has 2 aliphatic heterocycles. The van der Waals surface area contributed by atoms with Gasteiger partial charge in [0.05, 0.1) is 37.9 Å². The summed E-state index contributed by atoms with van der Waals surface area (Å²) in [7, 11) is 0. The molecule has 2 N–H and O–H groups in total. The Morgan fingerprint density at radius 3 is 2.69 bits per heavy atom. The predicted molar refractivity (Wildman–Crippen MR) is 104 cm³/mol. The molecule has 8 heteroatoms. The highest BCUT2D eigenvalue weighted by atomic mass is 16.5. The number of pyridine rings is 1. The minimum Gasteiger partial charge on any atom is -0.389 e. The lowest BCUT2D eigenvalue weighted by atomic mass is 9.92. The van der Waals surface area contributed by atoms with Crippen molar-refractivity contribution in [3.05, 3.63) is 30.1 Å². The van der Waals surface area contributed by atoms with Gasteiger partial charge < -0.3 is 24.8 Å². The number of carbonyl (C=O) groups excluding carboxylic acids is 2. The van der Waals surface area contributed by atoms with Gasteiger partial charge >= 0.3 is 0 Å². The molecule has 0 aromatic carbocycles. The van der Waals surface area contributed by atoms with Crippen molar-refractivity contribution in [2.24, 2.45) is 0 Å². The van der Waals surface area contributed by atoms with E-state index in [1.165, 1.54) is 6.42 Å². The van der Waals surface area contributed by atoms with Gasteiger partial charge in [0.2, 0.25) is 5.91 Å². The molecule has 1 aromatic heterocycles. The second-order valence-corrected chi connectivity index (χ2v) is 8.23. The normalized spacial score (nSPS) is 30.4. The number of rotatable bonds is 4. The largest absolute Gasteiger partial charge is 0.389 e. The number of aliphatic hydroxyl groups is 1. The van der Waals surface area contributed by atoms with Crippen molar-refractivity contribution in [2.45, 2.75) is 68.9 Å². The molecule has 1 aliphatic carbocycles. The van der Waals surface area contributed by atoms with E-state index in [1.807, 2.05) is 0 Å². The number of β-amino-alcohol motifs (C(OH)–C–C–N with tert-alkyl or cyclic N) is 1. The molecule has 2 saturated heterocycles. The van der Waals surface area contributed by atoms with Gasteiger partial charge in [-0.15, -0.1) is 0 Å². The van der Waals surface area contributed by atoms with Gasteiger partial charge in [-0.25, -0.2) is 0 Å². The predicted octanol–water partition coefficient (Wildman–Crippen LogP) is 0.890. The van der Waals surface area contributed by atoms with Crippen LogP contribution in [0.15, 0.2) is 24.5 Å². The minimum atomic E-state index is -0.743. The number of hydrogen-bond donors (Lipinski definition) is 2. The van der Waals surface area contributed by atoms with E-state index in [2.05, 4.69) is 10.3 Å². The molecule has 4 atom stereocenters. The van der Waals surface area contributed by atoms with Crippen LogP contribution in [0.25, 0.3) is 0 Å². The van der Waals surface area contributed by atoms with E-state index in [0.717, 1.165) is 12.8 Å². The lowest BCUT2D eigenvalue weighted by Gasteiger charge is -2.44. The van der Waals surface area contributed by atoms with Crippen molar-refractivity contribution in [1.82, 2.24) is 15.2 Å². The third-order valence-electron chi connectivity index (χ3n) is 6.05. The second-order valence-electron chi connectivity index (χ2n) is 8.23. The van der Waals surface area contributed by atoms with Crippen LogP contribution in [-0.2, 0) is 14.3 Å². The summed E-state index contributed by atoms with van der Waals surface area (Å²) in [5.74, 6) is -0.113. The van der Waals surface area contributed by atoms with Crippen molar-refractivity contribution in [3.8, 4) is 0 Å². The lowest BCUT2D eigenvalue weighted by Crippen LogP contribution is -2.57. The molecule has 2 amide bonds. The van der Waals surface area contributed by atoms with Gasteiger partial charge in [0, 0.05) is 30.5 Å². The molecule has 0 spiro atoms. The van der Waals surface area contributed by atoms with Gasteiger partial charge in [-0.2, -0.15) is 0 Å². The van der Waals surface area contributed by atoms with Gasteiger partial charge in [0.15, 0.2) is 0 Å². The fraction of sp³-hybridized carbons (Fsp3) is 0.667. The second kappa shape index (κ2) is 9.19. The maximum Gasteiger partial charge on any atom is 0.254 e. The summed E-state index contributed by atoms with van der Waals surface area (Å²) >= 11 is 0. The molecule has 0 radical (unpaired) electrons. The zero-order valence-corrected chi connectivity index (χ0v) is 16.5. The van der Waals surface area contributed by atoms with Crippen molar-refractivity contribution >= 4 is 11.8 Å². The summed E-state index contributed by atoms with van der Waals surface area (Å²) in [6, 6.07) is 3.47. The van der Waals surface area contributed by atoms with Crippen LogP contribution < -0.4 is 5.32 Å². The highest BCUT2D eigenvalue weighted by Gasteiger charge is 2.40. The summed E-state index contributed by atoms with van der Waals surface area (Å²) in [5, 5.41) is 13.3. The zero-order valence-electron chi connectivity index (χ0n) is 16.5. The van der Waals surface area contributed by atoms with Gasteiger partial charge in [0.25, 0.3) is 5.91 Å². The Balaban J connectivity index is 1.42. The van der Waals surface area contributed by atoms with Crippen LogP contribution in [-0.4, -0.2) is 77.0 Å². The van der Waals surface area contributed by atoms with E-state index in [0.29, 0.717) is 37.5 Å². The van der Waals surface area contributed by atoms with Crippen LogP contribution in [0, 0.1) is 0 Å². The number of nitrogens with one attached hydrogen (secondary N) is 1. The lowest BCUT2D eigenvalue weighted by molar-refractivity contribution is -0.151. The number of amides is 2. The van der Waals surface area contributed by atoms with Crippen LogP contribution in [0.4, 0.5) is 0 Å². The Labute approximate surface area is 170 Å². The van der Waals surface area contributed by atoms with E-state index in [4.69, 9.17) is 9.47 Å². The monoisotopic (exact) mass is 403 g/mol. The third-order valence-corrected chi connectivity index (χ3v) is 6.05. The number of carbonyl (C=O) groups is 2.